The monoisotopic (exact) mass is 331 g/mol. The third kappa shape index (κ3) is 3.24. The van der Waals surface area contributed by atoms with Crippen LogP contribution in [0.25, 0.3) is 11.5 Å². The van der Waals surface area contributed by atoms with Crippen molar-refractivity contribution in [3.8, 4) is 11.5 Å². The molecule has 0 aliphatic heterocycles. The molecule has 9 heteroatoms. The van der Waals surface area contributed by atoms with E-state index in [1.165, 1.54) is 28.9 Å². The van der Waals surface area contributed by atoms with E-state index in [0.29, 0.717) is 11.4 Å². The van der Waals surface area contributed by atoms with Crippen LogP contribution in [0.3, 0.4) is 0 Å². The molecule has 8 nitrogen and oxygen atoms in total. The van der Waals surface area contributed by atoms with Crippen LogP contribution in [0.1, 0.15) is 5.69 Å². The van der Waals surface area contributed by atoms with Crippen LogP contribution in [0.5, 0.6) is 0 Å². The van der Waals surface area contributed by atoms with Gasteiger partial charge in [0.15, 0.2) is 0 Å². The van der Waals surface area contributed by atoms with Crippen molar-refractivity contribution in [2.24, 2.45) is 7.05 Å². The second-order valence-electron chi connectivity index (χ2n) is 5.18. The molecule has 0 aliphatic carbocycles. The van der Waals surface area contributed by atoms with E-state index in [1.807, 2.05) is 0 Å². The number of carbonyl (C=O) groups is 1. The van der Waals surface area contributed by atoms with Gasteiger partial charge in [-0.2, -0.15) is 9.78 Å². The zero-order chi connectivity index (χ0) is 17.3. The minimum atomic E-state index is -0.773. The molecule has 0 aliphatic rings. The van der Waals surface area contributed by atoms with E-state index in [-0.39, 0.29) is 12.4 Å². The van der Waals surface area contributed by atoms with Crippen molar-refractivity contribution in [3.63, 3.8) is 0 Å². The van der Waals surface area contributed by atoms with Crippen molar-refractivity contribution in [1.29, 1.82) is 0 Å². The lowest BCUT2D eigenvalue weighted by molar-refractivity contribution is -0.117. The summed E-state index contributed by atoms with van der Waals surface area (Å²) in [7, 11) is 1.69. The smallest absolute Gasteiger partial charge is 0.388 e. The van der Waals surface area contributed by atoms with Gasteiger partial charge in [-0.1, -0.05) is 0 Å². The van der Waals surface area contributed by atoms with Crippen molar-refractivity contribution < 1.29 is 13.6 Å². The topological polar surface area (TPSA) is 95.0 Å². The van der Waals surface area contributed by atoms with Gasteiger partial charge < -0.3 is 9.73 Å². The molecule has 3 rings (SSSR count). The number of hydrogen-bond donors (Lipinski definition) is 1. The van der Waals surface area contributed by atoms with Gasteiger partial charge in [-0.15, -0.1) is 5.10 Å². The first-order chi connectivity index (χ1) is 11.4. The van der Waals surface area contributed by atoms with E-state index < -0.39 is 17.5 Å². The van der Waals surface area contributed by atoms with Crippen molar-refractivity contribution in [3.05, 3.63) is 52.4 Å². The average molecular weight is 331 g/mol. The molecule has 1 amide bonds. The maximum atomic E-state index is 12.9. The fourth-order valence-electron chi connectivity index (χ4n) is 2.16. The number of amides is 1. The number of nitrogens with one attached hydrogen (secondary N) is 1. The Morgan fingerprint density at radius 3 is 2.62 bits per heavy atom. The highest BCUT2D eigenvalue weighted by Crippen LogP contribution is 2.15. The first-order valence-electron chi connectivity index (χ1n) is 7.07. The highest BCUT2D eigenvalue weighted by atomic mass is 19.1. The lowest BCUT2D eigenvalue weighted by Crippen LogP contribution is -2.26. The van der Waals surface area contributed by atoms with E-state index in [1.54, 1.807) is 20.0 Å². The van der Waals surface area contributed by atoms with E-state index in [2.05, 4.69) is 15.5 Å². The van der Waals surface area contributed by atoms with Gasteiger partial charge in [-0.05, 0) is 31.2 Å². The van der Waals surface area contributed by atoms with Gasteiger partial charge >= 0.3 is 5.76 Å². The highest BCUT2D eigenvalue weighted by molar-refractivity contribution is 5.89. The minimum Gasteiger partial charge on any atom is -0.388 e. The van der Waals surface area contributed by atoms with E-state index in [0.717, 1.165) is 10.4 Å². The third-order valence-electron chi connectivity index (χ3n) is 3.26. The van der Waals surface area contributed by atoms with Gasteiger partial charge in [0.05, 0.1) is 5.69 Å². The molecule has 0 saturated carbocycles. The first-order valence-corrected chi connectivity index (χ1v) is 7.07. The van der Waals surface area contributed by atoms with Gasteiger partial charge in [0.25, 0.3) is 0 Å². The fourth-order valence-corrected chi connectivity index (χ4v) is 2.16. The van der Waals surface area contributed by atoms with Crippen LogP contribution in [-0.2, 0) is 18.4 Å². The quantitative estimate of drug-likeness (QED) is 0.778. The molecule has 0 atom stereocenters. The lowest BCUT2D eigenvalue weighted by atomic mass is 10.2. The molecular formula is C15H14FN5O3. The summed E-state index contributed by atoms with van der Waals surface area (Å²) in [6.07, 6.45) is 0. The molecule has 1 N–H and O–H groups in total. The lowest BCUT2D eigenvalue weighted by Gasteiger charge is -2.03. The second-order valence-corrected chi connectivity index (χ2v) is 5.18. The van der Waals surface area contributed by atoms with Crippen LogP contribution >= 0.6 is 0 Å². The number of aryl methyl sites for hydroxylation is 2. The van der Waals surface area contributed by atoms with Gasteiger partial charge in [0.1, 0.15) is 18.2 Å². The molecule has 124 valence electrons. The SMILES string of the molecule is Cc1cc(NC(=O)Cn2nc(-c3ccc(F)cc3)oc2=O)n(C)n1. The summed E-state index contributed by atoms with van der Waals surface area (Å²) in [4.78, 5) is 23.8. The molecule has 1 aromatic carbocycles. The molecule has 3 aromatic rings. The van der Waals surface area contributed by atoms with Crippen LogP contribution in [0.2, 0.25) is 0 Å². The average Bonchev–Trinajstić information content (AvgIpc) is 3.02. The summed E-state index contributed by atoms with van der Waals surface area (Å²) < 4.78 is 20.3. The van der Waals surface area contributed by atoms with E-state index in [4.69, 9.17) is 4.42 Å². The Labute approximate surface area is 135 Å². The molecule has 2 aromatic heterocycles. The number of rotatable bonds is 4. The molecular weight excluding hydrogens is 317 g/mol. The Balaban J connectivity index is 1.76. The number of carbonyl (C=O) groups excluding carboxylic acids is 1. The van der Waals surface area contributed by atoms with Gasteiger partial charge in [-0.3, -0.25) is 9.48 Å². The number of aromatic nitrogens is 4. The molecule has 0 bridgehead atoms. The van der Waals surface area contributed by atoms with Crippen LogP contribution < -0.4 is 11.1 Å². The van der Waals surface area contributed by atoms with Crippen LogP contribution in [0, 0.1) is 12.7 Å². The number of hydrogen-bond acceptors (Lipinski definition) is 5. The summed E-state index contributed by atoms with van der Waals surface area (Å²) in [5, 5.41) is 10.7. The van der Waals surface area contributed by atoms with Crippen LogP contribution in [-0.4, -0.2) is 25.5 Å². The minimum absolute atomic E-state index is 0.0178. The predicted octanol–water partition coefficient (Wildman–Crippen LogP) is 1.32. The maximum Gasteiger partial charge on any atom is 0.437 e. The van der Waals surface area contributed by atoms with E-state index >= 15 is 0 Å². The van der Waals surface area contributed by atoms with Crippen molar-refractivity contribution in [2.75, 3.05) is 5.32 Å². The molecule has 0 radical (unpaired) electrons. The van der Waals surface area contributed by atoms with Gasteiger partial charge in [0, 0.05) is 18.7 Å². The van der Waals surface area contributed by atoms with Crippen LogP contribution in [0.4, 0.5) is 10.2 Å². The number of nitrogens with zero attached hydrogens (tertiary/aromatic N) is 4. The predicted molar refractivity (Wildman–Crippen MR) is 82.7 cm³/mol. The molecule has 0 fully saturated rings. The maximum absolute atomic E-state index is 12.9. The molecule has 0 spiro atoms. The van der Waals surface area contributed by atoms with Crippen molar-refractivity contribution in [2.45, 2.75) is 13.5 Å². The molecule has 2 heterocycles. The van der Waals surface area contributed by atoms with E-state index in [9.17, 15) is 14.0 Å². The normalized spacial score (nSPS) is 10.8. The number of halogens is 1. The summed E-state index contributed by atoms with van der Waals surface area (Å²) in [5.41, 5.74) is 1.19. The summed E-state index contributed by atoms with van der Waals surface area (Å²) >= 11 is 0. The summed E-state index contributed by atoms with van der Waals surface area (Å²) in [6, 6.07) is 7.03. The van der Waals surface area contributed by atoms with Crippen LogP contribution in [0.15, 0.2) is 39.5 Å². The third-order valence-corrected chi connectivity index (χ3v) is 3.26. The molecule has 0 unspecified atom stereocenters. The zero-order valence-corrected chi connectivity index (χ0v) is 13.0. The zero-order valence-electron chi connectivity index (χ0n) is 13.0. The standard InChI is InChI=1S/C15H14FN5O3/c1-9-7-12(20(2)18-9)17-13(22)8-21-15(23)24-14(19-21)10-3-5-11(16)6-4-10/h3-7H,8H2,1-2H3,(H,17,22). The molecule has 0 saturated heterocycles. The Kier molecular flexibility index (Phi) is 3.98. The number of anilines is 1. The summed E-state index contributed by atoms with van der Waals surface area (Å²) in [5.74, 6) is -1.10. The number of benzene rings is 1. The first kappa shape index (κ1) is 15.7. The van der Waals surface area contributed by atoms with Gasteiger partial charge in [0.2, 0.25) is 11.8 Å². The largest absolute Gasteiger partial charge is 0.437 e. The Morgan fingerprint density at radius 2 is 2.00 bits per heavy atom. The molecule has 24 heavy (non-hydrogen) atoms. The van der Waals surface area contributed by atoms with Crippen molar-refractivity contribution in [1.82, 2.24) is 19.6 Å². The Morgan fingerprint density at radius 1 is 1.29 bits per heavy atom. The second kappa shape index (κ2) is 6.11. The Hall–Kier alpha value is -3.23. The highest BCUT2D eigenvalue weighted by Gasteiger charge is 2.14. The summed E-state index contributed by atoms with van der Waals surface area (Å²) in [6.45, 7) is 1.49. The Bertz CT molecular complexity index is 939. The fraction of sp³-hybridized carbons (Fsp3) is 0.200. The van der Waals surface area contributed by atoms with Gasteiger partial charge in [-0.25, -0.2) is 9.18 Å². The van der Waals surface area contributed by atoms with Crippen molar-refractivity contribution >= 4 is 11.7 Å².